The molecule has 14 heavy (non-hydrogen) atoms. The van der Waals surface area contributed by atoms with E-state index in [0.717, 1.165) is 0 Å². The fourth-order valence-electron chi connectivity index (χ4n) is 1.60. The van der Waals surface area contributed by atoms with Crippen molar-refractivity contribution in [2.75, 3.05) is 26.4 Å². The van der Waals surface area contributed by atoms with Crippen molar-refractivity contribution in [1.29, 1.82) is 0 Å². The Kier molecular flexibility index (Phi) is 7.09. The second-order valence-electron chi connectivity index (χ2n) is 3.93. The average molecular weight is 206 g/mol. The molecule has 1 unspecified atom stereocenters. The van der Waals surface area contributed by atoms with Crippen LogP contribution in [0.4, 0.5) is 0 Å². The Bertz CT molecular complexity index is 126. The van der Waals surface area contributed by atoms with E-state index in [1.807, 2.05) is 6.92 Å². The lowest BCUT2D eigenvalue weighted by molar-refractivity contribution is 0.0167. The molecule has 86 valence electrons. The van der Waals surface area contributed by atoms with E-state index in [-0.39, 0.29) is 32.3 Å². The molecule has 4 nitrogen and oxygen atoms in total. The molecule has 4 N–H and O–H groups in total. The van der Waals surface area contributed by atoms with Crippen molar-refractivity contribution in [2.45, 2.75) is 26.2 Å². The van der Waals surface area contributed by atoms with Crippen molar-refractivity contribution in [3.63, 3.8) is 0 Å². The summed E-state index contributed by atoms with van der Waals surface area (Å²) in [6, 6.07) is 0. The normalized spacial score (nSPS) is 14.4. The molecule has 4 heteroatoms. The average Bonchev–Trinajstić information content (AvgIpc) is 2.25. The van der Waals surface area contributed by atoms with Crippen LogP contribution in [0.1, 0.15) is 26.2 Å². The van der Waals surface area contributed by atoms with Crippen LogP contribution >= 0.6 is 0 Å². The lowest BCUT2D eigenvalue weighted by Crippen LogP contribution is -2.33. The van der Waals surface area contributed by atoms with E-state index in [1.54, 1.807) is 0 Å². The number of rotatable bonds is 8. The summed E-state index contributed by atoms with van der Waals surface area (Å²) in [5.41, 5.74) is -0.511. The molecule has 0 aliphatic carbocycles. The molecule has 0 bridgehead atoms. The van der Waals surface area contributed by atoms with Crippen LogP contribution in [0.3, 0.4) is 0 Å². The van der Waals surface area contributed by atoms with Gasteiger partial charge in [-0.1, -0.05) is 6.92 Å². The third kappa shape index (κ3) is 3.92. The predicted molar refractivity (Wildman–Crippen MR) is 53.8 cm³/mol. The molecule has 0 fully saturated rings. The molecule has 0 aromatic rings. The molecule has 0 aliphatic rings. The summed E-state index contributed by atoms with van der Waals surface area (Å²) in [6.45, 7) is 1.76. The highest BCUT2D eigenvalue weighted by molar-refractivity contribution is 4.79. The Morgan fingerprint density at radius 3 is 1.93 bits per heavy atom. The maximum Gasteiger partial charge on any atom is 0.0509 e. The molecule has 0 saturated carbocycles. The molecule has 0 radical (unpaired) electrons. The van der Waals surface area contributed by atoms with Gasteiger partial charge in [0.1, 0.15) is 0 Å². The molecular formula is C10H22O4. The number of aliphatic hydroxyl groups is 4. The van der Waals surface area contributed by atoms with Crippen molar-refractivity contribution in [2.24, 2.45) is 11.3 Å². The van der Waals surface area contributed by atoms with Gasteiger partial charge in [0, 0.05) is 18.6 Å². The standard InChI is InChI=1S/C10H22O4/c1-2-10(7-13,8-14)5-9(6-12)3-4-11/h9,11-14H,2-8H2,1H3. The zero-order chi connectivity index (χ0) is 11.0. The van der Waals surface area contributed by atoms with E-state index in [0.29, 0.717) is 19.3 Å². The Labute approximate surface area is 85.2 Å². The predicted octanol–water partition coefficient (Wildman–Crippen LogP) is -0.252. The topological polar surface area (TPSA) is 80.9 Å². The highest BCUT2D eigenvalue weighted by Crippen LogP contribution is 2.30. The highest BCUT2D eigenvalue weighted by Gasteiger charge is 2.29. The van der Waals surface area contributed by atoms with Crippen LogP contribution in [0, 0.1) is 11.3 Å². The Morgan fingerprint density at radius 1 is 1.07 bits per heavy atom. The number of aliphatic hydroxyl groups excluding tert-OH is 4. The van der Waals surface area contributed by atoms with Gasteiger partial charge >= 0.3 is 0 Å². The number of hydrogen-bond donors (Lipinski definition) is 4. The minimum atomic E-state index is -0.511. The van der Waals surface area contributed by atoms with E-state index in [1.165, 1.54) is 0 Å². The van der Waals surface area contributed by atoms with Gasteiger partial charge in [-0.15, -0.1) is 0 Å². The summed E-state index contributed by atoms with van der Waals surface area (Å²) < 4.78 is 0. The van der Waals surface area contributed by atoms with Gasteiger partial charge in [-0.3, -0.25) is 0 Å². The van der Waals surface area contributed by atoms with Crippen LogP contribution in [0.15, 0.2) is 0 Å². The minimum Gasteiger partial charge on any atom is -0.396 e. The fourth-order valence-corrected chi connectivity index (χ4v) is 1.60. The molecule has 1 atom stereocenters. The SMILES string of the molecule is CCC(CO)(CO)CC(CO)CCO. The van der Waals surface area contributed by atoms with Gasteiger partial charge in [0.25, 0.3) is 0 Å². The first kappa shape index (κ1) is 13.8. The van der Waals surface area contributed by atoms with Crippen LogP contribution in [-0.2, 0) is 0 Å². The van der Waals surface area contributed by atoms with Crippen LogP contribution in [0.5, 0.6) is 0 Å². The second-order valence-corrected chi connectivity index (χ2v) is 3.93. The van der Waals surface area contributed by atoms with Gasteiger partial charge in [0.2, 0.25) is 0 Å². The molecular weight excluding hydrogens is 184 g/mol. The molecule has 0 aliphatic heterocycles. The summed E-state index contributed by atoms with van der Waals surface area (Å²) in [5.74, 6) is -0.0424. The van der Waals surface area contributed by atoms with Crippen molar-refractivity contribution >= 4 is 0 Å². The fraction of sp³-hybridized carbons (Fsp3) is 1.00. The third-order valence-corrected chi connectivity index (χ3v) is 2.94. The van der Waals surface area contributed by atoms with Crippen molar-refractivity contribution in [3.05, 3.63) is 0 Å². The van der Waals surface area contributed by atoms with Gasteiger partial charge in [0.15, 0.2) is 0 Å². The zero-order valence-electron chi connectivity index (χ0n) is 8.82. The van der Waals surface area contributed by atoms with Gasteiger partial charge < -0.3 is 20.4 Å². The van der Waals surface area contributed by atoms with E-state index >= 15 is 0 Å². The summed E-state index contributed by atoms with van der Waals surface area (Å²) >= 11 is 0. The first-order chi connectivity index (χ1) is 6.67. The van der Waals surface area contributed by atoms with Gasteiger partial charge in [-0.2, -0.15) is 0 Å². The summed E-state index contributed by atoms with van der Waals surface area (Å²) in [4.78, 5) is 0. The summed E-state index contributed by atoms with van der Waals surface area (Å²) in [6.07, 6.45) is 1.73. The van der Waals surface area contributed by atoms with Crippen molar-refractivity contribution < 1.29 is 20.4 Å². The maximum absolute atomic E-state index is 9.19. The molecule has 0 aromatic carbocycles. The first-order valence-electron chi connectivity index (χ1n) is 5.11. The van der Waals surface area contributed by atoms with E-state index in [2.05, 4.69) is 0 Å². The Morgan fingerprint density at radius 2 is 1.64 bits per heavy atom. The second kappa shape index (κ2) is 7.17. The van der Waals surface area contributed by atoms with Crippen LogP contribution in [0.25, 0.3) is 0 Å². The lowest BCUT2D eigenvalue weighted by Gasteiger charge is -2.31. The van der Waals surface area contributed by atoms with E-state index < -0.39 is 5.41 Å². The van der Waals surface area contributed by atoms with Crippen molar-refractivity contribution in [1.82, 2.24) is 0 Å². The van der Waals surface area contributed by atoms with E-state index in [9.17, 15) is 10.2 Å². The monoisotopic (exact) mass is 206 g/mol. The van der Waals surface area contributed by atoms with Gasteiger partial charge in [-0.25, -0.2) is 0 Å². The lowest BCUT2D eigenvalue weighted by atomic mass is 9.77. The molecule has 0 saturated heterocycles. The van der Waals surface area contributed by atoms with Gasteiger partial charge in [0.05, 0.1) is 13.2 Å². The summed E-state index contributed by atoms with van der Waals surface area (Å²) in [7, 11) is 0. The molecule has 0 rings (SSSR count). The van der Waals surface area contributed by atoms with Gasteiger partial charge in [-0.05, 0) is 25.2 Å². The highest BCUT2D eigenvalue weighted by atomic mass is 16.3. The van der Waals surface area contributed by atoms with Crippen LogP contribution in [-0.4, -0.2) is 46.9 Å². The summed E-state index contributed by atoms with van der Waals surface area (Å²) in [5, 5.41) is 36.1. The van der Waals surface area contributed by atoms with Crippen molar-refractivity contribution in [3.8, 4) is 0 Å². The first-order valence-corrected chi connectivity index (χ1v) is 5.11. The largest absolute Gasteiger partial charge is 0.396 e. The molecule has 0 heterocycles. The van der Waals surface area contributed by atoms with Crippen LogP contribution in [0.2, 0.25) is 0 Å². The zero-order valence-corrected chi connectivity index (χ0v) is 8.82. The molecule has 0 amide bonds. The Hall–Kier alpha value is -0.160. The maximum atomic E-state index is 9.19. The minimum absolute atomic E-state index is 0.0116. The number of hydrogen-bond acceptors (Lipinski definition) is 4. The molecule has 0 aromatic heterocycles. The van der Waals surface area contributed by atoms with Crippen LogP contribution < -0.4 is 0 Å². The quantitative estimate of drug-likeness (QED) is 0.441. The Balaban J connectivity index is 4.24. The molecule has 0 spiro atoms. The third-order valence-electron chi connectivity index (χ3n) is 2.94. The van der Waals surface area contributed by atoms with E-state index in [4.69, 9.17) is 10.2 Å². The smallest absolute Gasteiger partial charge is 0.0509 e.